The second-order valence-electron chi connectivity index (χ2n) is 9.64. The minimum atomic E-state index is -1.55. The summed E-state index contributed by atoms with van der Waals surface area (Å²) in [5.74, 6) is -1.11. The predicted molar refractivity (Wildman–Crippen MR) is 140 cm³/mol. The SMILES string of the molecule is CCCCCCCCCCCCCCCCCCC(C)(O)C(=O)O.OCCN(CCO)CCO. The molecule has 0 aliphatic rings. The van der Waals surface area contributed by atoms with Crippen molar-refractivity contribution < 1.29 is 30.3 Å². The third kappa shape index (κ3) is 25.9. The van der Waals surface area contributed by atoms with Crippen molar-refractivity contribution in [2.75, 3.05) is 39.5 Å². The lowest BCUT2D eigenvalue weighted by Crippen LogP contribution is -2.34. The van der Waals surface area contributed by atoms with Gasteiger partial charge in [0.2, 0.25) is 0 Å². The Hall–Kier alpha value is -0.730. The number of rotatable bonds is 24. The van der Waals surface area contributed by atoms with Crippen molar-refractivity contribution in [3.8, 4) is 0 Å². The number of unbranched alkanes of at least 4 members (excludes halogenated alkanes) is 15. The molecule has 7 heteroatoms. The number of carbonyl (C=O) groups is 1. The lowest BCUT2D eigenvalue weighted by atomic mass is 9.97. The molecule has 0 aliphatic carbocycles. The number of aliphatic carboxylic acids is 1. The molecule has 0 bridgehead atoms. The van der Waals surface area contributed by atoms with Crippen molar-refractivity contribution in [2.45, 2.75) is 129 Å². The average Bonchev–Trinajstić information content (AvgIpc) is 2.79. The van der Waals surface area contributed by atoms with Crippen molar-refractivity contribution in [2.24, 2.45) is 0 Å². The van der Waals surface area contributed by atoms with Gasteiger partial charge in [0, 0.05) is 19.6 Å². The zero-order valence-corrected chi connectivity index (χ0v) is 22.4. The molecule has 0 amide bonds. The van der Waals surface area contributed by atoms with Crippen LogP contribution in [-0.2, 0) is 4.79 Å². The van der Waals surface area contributed by atoms with Crippen LogP contribution >= 0.6 is 0 Å². The molecule has 0 saturated carbocycles. The Labute approximate surface area is 209 Å². The number of hydrogen-bond donors (Lipinski definition) is 5. The Bertz CT molecular complexity index is 406. The normalized spacial score (nSPS) is 12.9. The molecule has 1 unspecified atom stereocenters. The van der Waals surface area contributed by atoms with Gasteiger partial charge in [-0.05, 0) is 19.8 Å². The Balaban J connectivity index is 0. The van der Waals surface area contributed by atoms with E-state index < -0.39 is 11.6 Å². The van der Waals surface area contributed by atoms with Gasteiger partial charge in [0.1, 0.15) is 0 Å². The highest BCUT2D eigenvalue weighted by atomic mass is 16.4. The maximum Gasteiger partial charge on any atom is 0.335 e. The Morgan fingerprint density at radius 2 is 0.912 bits per heavy atom. The number of aliphatic hydroxyl groups excluding tert-OH is 3. The summed E-state index contributed by atoms with van der Waals surface area (Å²) in [6, 6.07) is 0. The van der Waals surface area contributed by atoms with Crippen LogP contribution in [0.2, 0.25) is 0 Å². The van der Waals surface area contributed by atoms with Gasteiger partial charge in [-0.1, -0.05) is 103 Å². The lowest BCUT2D eigenvalue weighted by molar-refractivity contribution is -0.157. The largest absolute Gasteiger partial charge is 0.479 e. The van der Waals surface area contributed by atoms with E-state index in [-0.39, 0.29) is 19.8 Å². The Kier molecular flexibility index (Phi) is 28.0. The van der Waals surface area contributed by atoms with Gasteiger partial charge in [0.05, 0.1) is 19.8 Å². The van der Waals surface area contributed by atoms with Gasteiger partial charge in [-0.25, -0.2) is 4.79 Å². The third-order valence-electron chi connectivity index (χ3n) is 6.23. The second-order valence-corrected chi connectivity index (χ2v) is 9.64. The van der Waals surface area contributed by atoms with E-state index in [9.17, 15) is 9.90 Å². The van der Waals surface area contributed by atoms with Crippen molar-refractivity contribution in [3.63, 3.8) is 0 Å². The van der Waals surface area contributed by atoms with Gasteiger partial charge >= 0.3 is 5.97 Å². The van der Waals surface area contributed by atoms with E-state index in [0.717, 1.165) is 19.3 Å². The van der Waals surface area contributed by atoms with Crippen molar-refractivity contribution in [3.05, 3.63) is 0 Å². The summed E-state index contributed by atoms with van der Waals surface area (Å²) in [6.07, 6.45) is 21.2. The van der Waals surface area contributed by atoms with Crippen molar-refractivity contribution in [1.82, 2.24) is 4.90 Å². The topological polar surface area (TPSA) is 121 Å². The second kappa shape index (κ2) is 26.9. The van der Waals surface area contributed by atoms with Gasteiger partial charge in [-0.15, -0.1) is 0 Å². The molecule has 0 aliphatic heterocycles. The summed E-state index contributed by atoms with van der Waals surface area (Å²) in [5.41, 5.74) is -1.55. The van der Waals surface area contributed by atoms with Crippen LogP contribution in [0.25, 0.3) is 0 Å². The van der Waals surface area contributed by atoms with Crippen molar-refractivity contribution >= 4 is 5.97 Å². The molecular weight excluding hydrogens is 434 g/mol. The van der Waals surface area contributed by atoms with Crippen LogP contribution < -0.4 is 0 Å². The molecule has 0 heterocycles. The number of carboxylic acids is 1. The van der Waals surface area contributed by atoms with Gasteiger partial charge in [0.15, 0.2) is 5.60 Å². The lowest BCUT2D eigenvalue weighted by Gasteiger charge is -2.17. The third-order valence-corrected chi connectivity index (χ3v) is 6.23. The molecule has 7 nitrogen and oxygen atoms in total. The first-order chi connectivity index (χ1) is 16.4. The van der Waals surface area contributed by atoms with Gasteiger partial charge < -0.3 is 25.5 Å². The molecule has 0 saturated heterocycles. The number of hydrogen-bond acceptors (Lipinski definition) is 6. The molecule has 0 aromatic rings. The fraction of sp³-hybridized carbons (Fsp3) is 0.963. The fourth-order valence-electron chi connectivity index (χ4n) is 3.88. The molecule has 0 radical (unpaired) electrons. The van der Waals surface area contributed by atoms with Gasteiger partial charge in [-0.3, -0.25) is 4.90 Å². The van der Waals surface area contributed by atoms with Crippen LogP contribution in [0, 0.1) is 0 Å². The van der Waals surface area contributed by atoms with Crippen molar-refractivity contribution in [1.29, 1.82) is 0 Å². The van der Waals surface area contributed by atoms with E-state index in [1.807, 2.05) is 0 Å². The molecular formula is C27H57NO6. The highest BCUT2D eigenvalue weighted by molar-refractivity contribution is 5.76. The predicted octanol–water partition coefficient (Wildman–Crippen LogP) is 4.74. The van der Waals surface area contributed by atoms with E-state index in [1.165, 1.54) is 90.4 Å². The molecule has 1 atom stereocenters. The van der Waals surface area contributed by atoms with Gasteiger partial charge in [-0.2, -0.15) is 0 Å². The van der Waals surface area contributed by atoms with Crippen LogP contribution in [0.4, 0.5) is 0 Å². The maximum absolute atomic E-state index is 10.8. The summed E-state index contributed by atoms with van der Waals surface area (Å²) in [6.45, 7) is 5.41. The van der Waals surface area contributed by atoms with Crippen LogP contribution in [0.5, 0.6) is 0 Å². The summed E-state index contributed by atoms with van der Waals surface area (Å²) in [7, 11) is 0. The zero-order chi connectivity index (χ0) is 25.9. The van der Waals surface area contributed by atoms with E-state index in [0.29, 0.717) is 26.1 Å². The average molecular weight is 492 g/mol. The van der Waals surface area contributed by atoms with E-state index in [2.05, 4.69) is 6.92 Å². The van der Waals surface area contributed by atoms with E-state index in [4.69, 9.17) is 20.4 Å². The quantitative estimate of drug-likeness (QED) is 0.124. The van der Waals surface area contributed by atoms with Crippen LogP contribution in [0.1, 0.15) is 123 Å². The molecule has 0 aromatic carbocycles. The molecule has 206 valence electrons. The monoisotopic (exact) mass is 491 g/mol. The van der Waals surface area contributed by atoms with E-state index >= 15 is 0 Å². The van der Waals surface area contributed by atoms with Crippen LogP contribution in [0.15, 0.2) is 0 Å². The standard InChI is InChI=1S/C21H42O3.C6H15NO3/c1-3-4-5-6-7-8-9-10-11-12-13-14-15-16-17-18-19-21(2,24)20(22)23;8-4-1-7(2-5-9)3-6-10/h24H,3-19H2,1-2H3,(H,22,23);8-10H,1-6H2. The fourth-order valence-corrected chi connectivity index (χ4v) is 3.88. The Morgan fingerprint density at radius 1 is 0.618 bits per heavy atom. The highest BCUT2D eigenvalue weighted by Gasteiger charge is 2.28. The smallest absolute Gasteiger partial charge is 0.335 e. The number of carboxylic acid groups (broad SMARTS) is 1. The molecule has 5 N–H and O–H groups in total. The molecule has 0 spiro atoms. The summed E-state index contributed by atoms with van der Waals surface area (Å²) in [5, 5.41) is 43.9. The summed E-state index contributed by atoms with van der Waals surface area (Å²) < 4.78 is 0. The van der Waals surface area contributed by atoms with Gasteiger partial charge in [0.25, 0.3) is 0 Å². The molecule has 0 fully saturated rings. The van der Waals surface area contributed by atoms with E-state index in [1.54, 1.807) is 4.90 Å². The number of aliphatic hydroxyl groups is 4. The molecule has 0 aromatic heterocycles. The summed E-state index contributed by atoms with van der Waals surface area (Å²) in [4.78, 5) is 12.6. The minimum absolute atomic E-state index is 0.0694. The molecule has 0 rings (SSSR count). The first-order valence-corrected chi connectivity index (χ1v) is 13.9. The maximum atomic E-state index is 10.8. The Morgan fingerprint density at radius 3 is 1.18 bits per heavy atom. The highest BCUT2D eigenvalue weighted by Crippen LogP contribution is 2.17. The van der Waals surface area contributed by atoms with Crippen LogP contribution in [-0.4, -0.2) is 81.5 Å². The van der Waals surface area contributed by atoms with Crippen LogP contribution in [0.3, 0.4) is 0 Å². The minimum Gasteiger partial charge on any atom is -0.479 e. The zero-order valence-electron chi connectivity index (χ0n) is 22.4. The molecule has 34 heavy (non-hydrogen) atoms. The number of nitrogens with zero attached hydrogens (tertiary/aromatic N) is 1. The summed E-state index contributed by atoms with van der Waals surface area (Å²) >= 11 is 0. The first kappa shape index (κ1) is 35.4. The first-order valence-electron chi connectivity index (χ1n) is 13.9.